The summed E-state index contributed by atoms with van der Waals surface area (Å²) in [7, 11) is -3.45. The van der Waals surface area contributed by atoms with Crippen LogP contribution in [0.5, 0.6) is 0 Å². The molecule has 0 bridgehead atoms. The summed E-state index contributed by atoms with van der Waals surface area (Å²) in [6.07, 6.45) is 6.24. The van der Waals surface area contributed by atoms with Gasteiger partial charge in [0, 0.05) is 25.2 Å². The van der Waals surface area contributed by atoms with E-state index in [0.29, 0.717) is 31.5 Å². The van der Waals surface area contributed by atoms with Crippen LogP contribution in [0.1, 0.15) is 38.2 Å². The van der Waals surface area contributed by atoms with Crippen molar-refractivity contribution in [1.29, 1.82) is 0 Å². The molecule has 2 aliphatic carbocycles. The van der Waals surface area contributed by atoms with Crippen LogP contribution < -0.4 is 5.32 Å². The number of aromatic amines is 1. The van der Waals surface area contributed by atoms with Crippen LogP contribution in [0.25, 0.3) is 0 Å². The highest BCUT2D eigenvalue weighted by Gasteiger charge is 2.37. The zero-order valence-electron chi connectivity index (χ0n) is 12.5. The number of rotatable bonds is 9. The molecule has 0 unspecified atom stereocenters. The van der Waals surface area contributed by atoms with E-state index < -0.39 is 10.0 Å². The standard InChI is InChI=1S/C14H24N4O2S/c1-2-15-7-13-8-16-17-14(13)21(19,20)18(9-11-3-4-11)10-12-5-6-12/h8,11-12,15H,2-7,9-10H2,1H3,(H,16,17). The third-order valence-electron chi connectivity index (χ3n) is 4.16. The second kappa shape index (κ2) is 6.06. The SMILES string of the molecule is CCNCc1cn[nH]c1S(=O)(=O)N(CC1CC1)CC1CC1. The zero-order chi connectivity index (χ0) is 14.9. The lowest BCUT2D eigenvalue weighted by Gasteiger charge is -2.21. The Morgan fingerprint density at radius 3 is 2.43 bits per heavy atom. The molecule has 3 rings (SSSR count). The predicted molar refractivity (Wildman–Crippen MR) is 80.2 cm³/mol. The normalized spacial score (nSPS) is 19.3. The molecule has 2 aliphatic rings. The van der Waals surface area contributed by atoms with Crippen LogP contribution in [0, 0.1) is 11.8 Å². The largest absolute Gasteiger partial charge is 0.313 e. The molecule has 7 heteroatoms. The van der Waals surface area contributed by atoms with Crippen molar-refractivity contribution < 1.29 is 8.42 Å². The molecule has 2 saturated carbocycles. The van der Waals surface area contributed by atoms with Crippen molar-refractivity contribution in [2.45, 2.75) is 44.2 Å². The van der Waals surface area contributed by atoms with Crippen molar-refractivity contribution in [3.63, 3.8) is 0 Å². The lowest BCUT2D eigenvalue weighted by molar-refractivity contribution is 0.380. The molecule has 2 N–H and O–H groups in total. The van der Waals surface area contributed by atoms with Crippen LogP contribution in [-0.2, 0) is 16.6 Å². The summed E-state index contributed by atoms with van der Waals surface area (Å²) in [5.41, 5.74) is 0.730. The van der Waals surface area contributed by atoms with Gasteiger partial charge in [0.05, 0.1) is 6.20 Å². The Balaban J connectivity index is 1.79. The Morgan fingerprint density at radius 1 is 1.29 bits per heavy atom. The van der Waals surface area contributed by atoms with Gasteiger partial charge in [0.2, 0.25) is 0 Å². The van der Waals surface area contributed by atoms with Crippen molar-refractivity contribution in [3.8, 4) is 0 Å². The highest BCUT2D eigenvalue weighted by Crippen LogP contribution is 2.36. The van der Waals surface area contributed by atoms with Gasteiger partial charge in [-0.1, -0.05) is 6.92 Å². The van der Waals surface area contributed by atoms with Gasteiger partial charge in [-0.25, -0.2) is 8.42 Å². The second-order valence-electron chi connectivity index (χ2n) is 6.21. The molecule has 1 heterocycles. The van der Waals surface area contributed by atoms with Crippen LogP contribution in [0.2, 0.25) is 0 Å². The Labute approximate surface area is 126 Å². The number of aromatic nitrogens is 2. The van der Waals surface area contributed by atoms with Crippen molar-refractivity contribution in [1.82, 2.24) is 19.8 Å². The Morgan fingerprint density at radius 2 is 1.90 bits per heavy atom. The summed E-state index contributed by atoms with van der Waals surface area (Å²) in [5.74, 6) is 1.11. The van der Waals surface area contributed by atoms with E-state index in [9.17, 15) is 8.42 Å². The zero-order valence-corrected chi connectivity index (χ0v) is 13.3. The molecule has 1 aromatic heterocycles. The minimum absolute atomic E-state index is 0.268. The Kier molecular flexibility index (Phi) is 4.33. The van der Waals surface area contributed by atoms with E-state index in [1.165, 1.54) is 0 Å². The monoisotopic (exact) mass is 312 g/mol. The van der Waals surface area contributed by atoms with Crippen molar-refractivity contribution >= 4 is 10.0 Å². The van der Waals surface area contributed by atoms with E-state index in [2.05, 4.69) is 15.5 Å². The summed E-state index contributed by atoms with van der Waals surface area (Å²) < 4.78 is 27.5. The van der Waals surface area contributed by atoms with Crippen molar-refractivity contribution in [2.75, 3.05) is 19.6 Å². The van der Waals surface area contributed by atoms with Crippen LogP contribution in [0.4, 0.5) is 0 Å². The van der Waals surface area contributed by atoms with Gasteiger partial charge in [0.15, 0.2) is 5.03 Å². The molecule has 2 fully saturated rings. The highest BCUT2D eigenvalue weighted by atomic mass is 32.2. The summed E-state index contributed by atoms with van der Waals surface area (Å²) in [4.78, 5) is 0. The van der Waals surface area contributed by atoms with E-state index in [1.54, 1.807) is 10.5 Å². The lowest BCUT2D eigenvalue weighted by Crippen LogP contribution is -2.35. The number of H-pyrrole nitrogens is 1. The number of nitrogens with zero attached hydrogens (tertiary/aromatic N) is 2. The van der Waals surface area contributed by atoms with Gasteiger partial charge in [-0.2, -0.15) is 9.40 Å². The van der Waals surface area contributed by atoms with E-state index in [0.717, 1.165) is 37.8 Å². The van der Waals surface area contributed by atoms with Gasteiger partial charge in [-0.05, 0) is 44.1 Å². The minimum Gasteiger partial charge on any atom is -0.313 e. The minimum atomic E-state index is -3.45. The van der Waals surface area contributed by atoms with Crippen LogP contribution >= 0.6 is 0 Å². The summed E-state index contributed by atoms with van der Waals surface area (Å²) in [6.45, 7) is 4.67. The van der Waals surface area contributed by atoms with Crippen LogP contribution in [-0.4, -0.2) is 42.6 Å². The van der Waals surface area contributed by atoms with Gasteiger partial charge < -0.3 is 5.32 Å². The first kappa shape index (κ1) is 15.0. The number of sulfonamides is 1. The lowest BCUT2D eigenvalue weighted by atomic mass is 10.3. The van der Waals surface area contributed by atoms with E-state index in [4.69, 9.17) is 0 Å². The van der Waals surface area contributed by atoms with Gasteiger partial charge in [-0.15, -0.1) is 0 Å². The number of hydrogen-bond donors (Lipinski definition) is 2. The first-order chi connectivity index (χ1) is 10.1. The number of hydrogen-bond acceptors (Lipinski definition) is 4. The molecule has 0 aromatic carbocycles. The molecule has 0 saturated heterocycles. The third-order valence-corrected chi connectivity index (χ3v) is 6.01. The van der Waals surface area contributed by atoms with Gasteiger partial charge in [0.25, 0.3) is 10.0 Å². The topological polar surface area (TPSA) is 78.1 Å². The molecular formula is C14H24N4O2S. The van der Waals surface area contributed by atoms with Gasteiger partial charge >= 0.3 is 0 Å². The molecule has 21 heavy (non-hydrogen) atoms. The Bertz CT molecular complexity index is 562. The average molecular weight is 312 g/mol. The second-order valence-corrected chi connectivity index (χ2v) is 8.09. The maximum absolute atomic E-state index is 12.9. The molecule has 0 aliphatic heterocycles. The van der Waals surface area contributed by atoms with Crippen molar-refractivity contribution in [2.24, 2.45) is 11.8 Å². The van der Waals surface area contributed by atoms with E-state index >= 15 is 0 Å². The fourth-order valence-corrected chi connectivity index (χ4v) is 4.18. The van der Waals surface area contributed by atoms with Gasteiger partial charge in [-0.3, -0.25) is 5.10 Å². The van der Waals surface area contributed by atoms with E-state index in [-0.39, 0.29) is 5.03 Å². The molecular weight excluding hydrogens is 288 g/mol. The molecule has 118 valence electrons. The molecule has 0 amide bonds. The maximum atomic E-state index is 12.9. The van der Waals surface area contributed by atoms with E-state index in [1.807, 2.05) is 6.92 Å². The molecule has 0 atom stereocenters. The Hall–Kier alpha value is -0.920. The van der Waals surface area contributed by atoms with Gasteiger partial charge in [0.1, 0.15) is 0 Å². The van der Waals surface area contributed by atoms with Crippen LogP contribution in [0.3, 0.4) is 0 Å². The predicted octanol–water partition coefficient (Wildman–Crippen LogP) is 1.33. The average Bonchev–Trinajstić information content (AvgIpc) is 3.37. The molecule has 6 nitrogen and oxygen atoms in total. The number of nitrogens with one attached hydrogen (secondary N) is 2. The fourth-order valence-electron chi connectivity index (χ4n) is 2.48. The van der Waals surface area contributed by atoms with Crippen LogP contribution in [0.15, 0.2) is 11.2 Å². The first-order valence-corrected chi connectivity index (χ1v) is 9.28. The first-order valence-electron chi connectivity index (χ1n) is 7.84. The quantitative estimate of drug-likeness (QED) is 0.721. The molecule has 1 aromatic rings. The summed E-state index contributed by atoms with van der Waals surface area (Å²) in [5, 5.41) is 10.1. The molecule has 0 radical (unpaired) electrons. The highest BCUT2D eigenvalue weighted by molar-refractivity contribution is 7.89. The van der Waals surface area contributed by atoms with Crippen molar-refractivity contribution in [3.05, 3.63) is 11.8 Å². The third kappa shape index (κ3) is 3.64. The fraction of sp³-hybridized carbons (Fsp3) is 0.786. The molecule has 0 spiro atoms. The summed E-state index contributed by atoms with van der Waals surface area (Å²) in [6, 6.07) is 0. The summed E-state index contributed by atoms with van der Waals surface area (Å²) >= 11 is 0. The maximum Gasteiger partial charge on any atom is 0.260 e. The smallest absolute Gasteiger partial charge is 0.260 e.